The number of aromatic nitrogens is 2. The van der Waals surface area contributed by atoms with E-state index in [-0.39, 0.29) is 24.2 Å². The van der Waals surface area contributed by atoms with E-state index in [0.29, 0.717) is 5.76 Å². The van der Waals surface area contributed by atoms with E-state index in [2.05, 4.69) is 15.5 Å². The molecule has 0 aliphatic heterocycles. The molecule has 0 atom stereocenters. The van der Waals surface area contributed by atoms with Crippen LogP contribution in [0.15, 0.2) is 69.7 Å². The number of fused-ring (bicyclic) bond motifs is 1. The fourth-order valence-corrected chi connectivity index (χ4v) is 2.47. The zero-order valence-corrected chi connectivity index (χ0v) is 12.6. The molecule has 0 spiro atoms. The molecule has 4 aromatic rings. The highest BCUT2D eigenvalue weighted by Crippen LogP contribution is 2.20. The average Bonchev–Trinajstić information content (AvgIpc) is 3.26. The standard InChI is InChI=1S/C18H13N3O3/c22-16(11-12-7-8-13-4-1-2-5-14(13)10-12)19-18-21-20-17(24-18)15-6-3-9-23-15/h1-10H,11H2,(H,19,21,22). The Balaban J connectivity index is 1.46. The highest BCUT2D eigenvalue weighted by molar-refractivity contribution is 5.91. The Hall–Kier alpha value is -3.41. The van der Waals surface area contributed by atoms with Gasteiger partial charge in [0.1, 0.15) is 0 Å². The van der Waals surface area contributed by atoms with Crippen LogP contribution in [0.1, 0.15) is 5.56 Å². The molecule has 0 saturated carbocycles. The minimum absolute atomic E-state index is 0.0483. The van der Waals surface area contributed by atoms with Crippen LogP contribution in [0.5, 0.6) is 0 Å². The van der Waals surface area contributed by atoms with E-state index >= 15 is 0 Å². The summed E-state index contributed by atoms with van der Waals surface area (Å²) in [5.41, 5.74) is 0.914. The van der Waals surface area contributed by atoms with Crippen LogP contribution in [-0.4, -0.2) is 16.1 Å². The first kappa shape index (κ1) is 14.2. The van der Waals surface area contributed by atoms with Crippen molar-refractivity contribution in [1.29, 1.82) is 0 Å². The number of amides is 1. The summed E-state index contributed by atoms with van der Waals surface area (Å²) in [5, 5.41) is 12.5. The minimum Gasteiger partial charge on any atom is -0.459 e. The molecule has 0 unspecified atom stereocenters. The highest BCUT2D eigenvalue weighted by Gasteiger charge is 2.13. The Kier molecular flexibility index (Phi) is 3.55. The van der Waals surface area contributed by atoms with Gasteiger partial charge < -0.3 is 8.83 Å². The number of hydrogen-bond acceptors (Lipinski definition) is 5. The largest absolute Gasteiger partial charge is 0.459 e. The van der Waals surface area contributed by atoms with Gasteiger partial charge in [-0.2, -0.15) is 0 Å². The van der Waals surface area contributed by atoms with Crippen LogP contribution in [0.25, 0.3) is 22.4 Å². The molecule has 0 radical (unpaired) electrons. The topological polar surface area (TPSA) is 81.2 Å². The first-order chi connectivity index (χ1) is 11.8. The van der Waals surface area contributed by atoms with E-state index in [1.54, 1.807) is 12.1 Å². The van der Waals surface area contributed by atoms with Gasteiger partial charge in [-0.25, -0.2) is 0 Å². The maximum Gasteiger partial charge on any atom is 0.322 e. The normalized spacial score (nSPS) is 10.8. The summed E-state index contributed by atoms with van der Waals surface area (Å²) < 4.78 is 10.5. The summed E-state index contributed by atoms with van der Waals surface area (Å²) in [7, 11) is 0. The maximum absolute atomic E-state index is 12.2. The van der Waals surface area contributed by atoms with Gasteiger partial charge in [0.25, 0.3) is 5.89 Å². The molecule has 0 aliphatic carbocycles. The van der Waals surface area contributed by atoms with Gasteiger partial charge in [-0.3, -0.25) is 10.1 Å². The van der Waals surface area contributed by atoms with Gasteiger partial charge in [0.2, 0.25) is 5.91 Å². The molecule has 1 N–H and O–H groups in total. The van der Waals surface area contributed by atoms with Crippen molar-refractivity contribution in [2.24, 2.45) is 0 Å². The summed E-state index contributed by atoms with van der Waals surface area (Å²) in [4.78, 5) is 12.2. The van der Waals surface area contributed by atoms with E-state index in [1.165, 1.54) is 6.26 Å². The maximum atomic E-state index is 12.2. The third-order valence-corrected chi connectivity index (χ3v) is 3.58. The SMILES string of the molecule is O=C(Cc1ccc2ccccc2c1)Nc1nnc(-c2ccco2)o1. The smallest absolute Gasteiger partial charge is 0.322 e. The molecule has 118 valence electrons. The average molecular weight is 319 g/mol. The van der Waals surface area contributed by atoms with Gasteiger partial charge in [-0.1, -0.05) is 47.6 Å². The molecule has 0 saturated heterocycles. The number of rotatable bonds is 4. The lowest BCUT2D eigenvalue weighted by Crippen LogP contribution is -2.14. The van der Waals surface area contributed by atoms with Crippen LogP contribution >= 0.6 is 0 Å². The first-order valence-corrected chi connectivity index (χ1v) is 7.43. The Morgan fingerprint density at radius 2 is 1.88 bits per heavy atom. The molecule has 0 bridgehead atoms. The molecule has 6 heteroatoms. The van der Waals surface area contributed by atoms with Gasteiger partial charge in [0.05, 0.1) is 12.7 Å². The van der Waals surface area contributed by atoms with E-state index in [0.717, 1.165) is 16.3 Å². The fourth-order valence-electron chi connectivity index (χ4n) is 2.47. The van der Waals surface area contributed by atoms with Crippen molar-refractivity contribution < 1.29 is 13.6 Å². The zero-order chi connectivity index (χ0) is 16.4. The fraction of sp³-hybridized carbons (Fsp3) is 0.0556. The first-order valence-electron chi connectivity index (χ1n) is 7.43. The Morgan fingerprint density at radius 1 is 1.00 bits per heavy atom. The molecule has 2 aromatic carbocycles. The molecule has 4 rings (SSSR count). The number of furan rings is 1. The van der Waals surface area contributed by atoms with E-state index in [1.807, 2.05) is 42.5 Å². The Morgan fingerprint density at radius 3 is 2.71 bits per heavy atom. The number of hydrogen-bond donors (Lipinski definition) is 1. The van der Waals surface area contributed by atoms with E-state index in [4.69, 9.17) is 8.83 Å². The highest BCUT2D eigenvalue weighted by atomic mass is 16.4. The van der Waals surface area contributed by atoms with E-state index < -0.39 is 0 Å². The molecular formula is C18H13N3O3. The molecular weight excluding hydrogens is 306 g/mol. The molecule has 2 aromatic heterocycles. The van der Waals surface area contributed by atoms with Crippen molar-refractivity contribution >= 4 is 22.7 Å². The van der Waals surface area contributed by atoms with Crippen LogP contribution in [0.3, 0.4) is 0 Å². The van der Waals surface area contributed by atoms with Gasteiger partial charge in [-0.05, 0) is 28.5 Å². The van der Waals surface area contributed by atoms with Crippen LogP contribution in [-0.2, 0) is 11.2 Å². The Bertz CT molecular complexity index is 990. The molecule has 6 nitrogen and oxygen atoms in total. The lowest BCUT2D eigenvalue weighted by Gasteiger charge is -2.03. The predicted octanol–water partition coefficient (Wildman–Crippen LogP) is 3.66. The number of carbonyl (C=O) groups is 1. The van der Waals surface area contributed by atoms with Gasteiger partial charge in [0, 0.05) is 0 Å². The van der Waals surface area contributed by atoms with Gasteiger partial charge in [-0.15, -0.1) is 5.10 Å². The van der Waals surface area contributed by atoms with Gasteiger partial charge in [0.15, 0.2) is 5.76 Å². The Labute approximate surface area is 137 Å². The van der Waals surface area contributed by atoms with Crippen molar-refractivity contribution in [2.75, 3.05) is 5.32 Å². The van der Waals surface area contributed by atoms with Crippen LogP contribution in [0, 0.1) is 0 Å². The number of benzene rings is 2. The summed E-state index contributed by atoms with van der Waals surface area (Å²) in [6.07, 6.45) is 1.74. The predicted molar refractivity (Wildman–Crippen MR) is 88.3 cm³/mol. The quantitative estimate of drug-likeness (QED) is 0.621. The van der Waals surface area contributed by atoms with Crippen LogP contribution < -0.4 is 5.32 Å². The summed E-state index contributed by atoms with van der Waals surface area (Å²) in [6.45, 7) is 0. The van der Waals surface area contributed by atoms with Crippen molar-refractivity contribution in [2.45, 2.75) is 6.42 Å². The monoisotopic (exact) mass is 319 g/mol. The third kappa shape index (κ3) is 2.89. The molecule has 0 aliphatic rings. The minimum atomic E-state index is -0.222. The number of nitrogens with zero attached hydrogens (tertiary/aromatic N) is 2. The number of carbonyl (C=O) groups excluding carboxylic acids is 1. The molecule has 0 fully saturated rings. The zero-order valence-electron chi connectivity index (χ0n) is 12.6. The van der Waals surface area contributed by atoms with Gasteiger partial charge >= 0.3 is 6.01 Å². The van der Waals surface area contributed by atoms with Crippen molar-refractivity contribution in [3.8, 4) is 11.7 Å². The lowest BCUT2D eigenvalue weighted by atomic mass is 10.1. The second kappa shape index (κ2) is 6.00. The van der Waals surface area contributed by atoms with E-state index in [9.17, 15) is 4.79 Å². The summed E-state index contributed by atoms with van der Waals surface area (Å²) >= 11 is 0. The molecule has 1 amide bonds. The van der Waals surface area contributed by atoms with Crippen molar-refractivity contribution in [1.82, 2.24) is 10.2 Å². The summed E-state index contributed by atoms with van der Waals surface area (Å²) in [6, 6.07) is 17.4. The number of nitrogens with one attached hydrogen (secondary N) is 1. The summed E-state index contributed by atoms with van der Waals surface area (Å²) in [5.74, 6) is 0.457. The van der Waals surface area contributed by atoms with Crippen LogP contribution in [0.2, 0.25) is 0 Å². The second-order valence-corrected chi connectivity index (χ2v) is 5.30. The second-order valence-electron chi connectivity index (χ2n) is 5.30. The molecule has 24 heavy (non-hydrogen) atoms. The molecule has 2 heterocycles. The van der Waals surface area contributed by atoms with Crippen molar-refractivity contribution in [3.63, 3.8) is 0 Å². The van der Waals surface area contributed by atoms with Crippen molar-refractivity contribution in [3.05, 3.63) is 66.4 Å². The third-order valence-electron chi connectivity index (χ3n) is 3.58. The van der Waals surface area contributed by atoms with Crippen LogP contribution in [0.4, 0.5) is 6.01 Å². The number of anilines is 1. The lowest BCUT2D eigenvalue weighted by molar-refractivity contribution is -0.115.